The maximum atomic E-state index is 12.1. The minimum Gasteiger partial charge on any atom is -0.493 e. The minimum absolute atomic E-state index is 0.235. The summed E-state index contributed by atoms with van der Waals surface area (Å²) in [6.07, 6.45) is 1.33. The van der Waals surface area contributed by atoms with Gasteiger partial charge in [-0.25, -0.2) is 5.43 Å². The lowest BCUT2D eigenvalue weighted by Crippen LogP contribution is -2.35. The van der Waals surface area contributed by atoms with Gasteiger partial charge in [0.2, 0.25) is 0 Å². The number of hydrazone groups is 1. The predicted molar refractivity (Wildman–Crippen MR) is 119 cm³/mol. The quantitative estimate of drug-likeness (QED) is 0.283. The van der Waals surface area contributed by atoms with Gasteiger partial charge in [0.05, 0.1) is 17.8 Å². The molecule has 0 heterocycles. The largest absolute Gasteiger partial charge is 0.493 e. The van der Waals surface area contributed by atoms with Crippen molar-refractivity contribution in [3.63, 3.8) is 0 Å². The number of rotatable bonds is 7. The van der Waals surface area contributed by atoms with E-state index >= 15 is 0 Å². The van der Waals surface area contributed by atoms with Crippen molar-refractivity contribution in [1.29, 1.82) is 0 Å². The topological polar surface area (TPSA) is 118 Å². The molecule has 9 nitrogen and oxygen atoms in total. The second-order valence-corrected chi connectivity index (χ2v) is 7.43. The van der Waals surface area contributed by atoms with E-state index in [9.17, 15) is 14.4 Å². The Bertz CT molecular complexity index is 964. The molecule has 0 aliphatic carbocycles. The van der Waals surface area contributed by atoms with E-state index in [0.717, 1.165) is 4.47 Å². The van der Waals surface area contributed by atoms with Crippen molar-refractivity contribution in [2.45, 2.75) is 0 Å². The molecule has 2 aromatic rings. The molecule has 2 aromatic carbocycles. The summed E-state index contributed by atoms with van der Waals surface area (Å²) in [6, 6.07) is 10.4. The van der Waals surface area contributed by atoms with Gasteiger partial charge in [0.25, 0.3) is 5.91 Å². The molecule has 2 rings (SSSR count). The summed E-state index contributed by atoms with van der Waals surface area (Å²) >= 11 is 6.69. The second kappa shape index (κ2) is 11.3. The van der Waals surface area contributed by atoms with Gasteiger partial charge in [-0.05, 0) is 57.9 Å². The van der Waals surface area contributed by atoms with E-state index < -0.39 is 11.8 Å². The summed E-state index contributed by atoms with van der Waals surface area (Å²) in [5, 5.41) is 8.62. The van der Waals surface area contributed by atoms with Crippen LogP contribution in [0.2, 0.25) is 0 Å². The van der Waals surface area contributed by atoms with Gasteiger partial charge in [0, 0.05) is 17.2 Å². The molecule has 0 aliphatic heterocycles. The average Bonchev–Trinajstić information content (AvgIpc) is 2.73. The van der Waals surface area contributed by atoms with Crippen LogP contribution in [0.15, 0.2) is 50.4 Å². The fourth-order valence-electron chi connectivity index (χ4n) is 2.15. The molecule has 0 fully saturated rings. The Labute approximate surface area is 189 Å². The van der Waals surface area contributed by atoms with Crippen LogP contribution < -0.4 is 25.5 Å². The normalized spacial score (nSPS) is 10.4. The van der Waals surface area contributed by atoms with Gasteiger partial charge in [-0.15, -0.1) is 0 Å². The standard InChI is InChI=1S/C19H18Br2N4O5/c1-22-18(27)19(28)25-23-9-11-7-14(21)17(15(8-11)29-2)30-10-16(26)24-13-5-3-12(20)4-6-13/h3-9H,10H2,1-2H3,(H,22,27)(H,24,26)(H,25,28)/b23-9-. The van der Waals surface area contributed by atoms with Gasteiger partial charge >= 0.3 is 11.8 Å². The molecule has 0 spiro atoms. The number of carbonyl (C=O) groups is 3. The molecule has 0 saturated heterocycles. The van der Waals surface area contributed by atoms with Gasteiger partial charge in [-0.1, -0.05) is 15.9 Å². The zero-order valence-corrected chi connectivity index (χ0v) is 19.2. The van der Waals surface area contributed by atoms with Crippen LogP contribution in [0.4, 0.5) is 5.69 Å². The smallest absolute Gasteiger partial charge is 0.329 e. The summed E-state index contributed by atoms with van der Waals surface area (Å²) in [5.41, 5.74) is 3.30. The number of anilines is 1. The first-order valence-corrected chi connectivity index (χ1v) is 10.0. The SMILES string of the molecule is CNC(=O)C(=O)N/N=C\c1cc(Br)c(OCC(=O)Nc2ccc(Br)cc2)c(OC)c1. The highest BCUT2D eigenvalue weighted by molar-refractivity contribution is 9.10. The van der Waals surface area contributed by atoms with E-state index in [2.05, 4.69) is 53.0 Å². The third kappa shape index (κ3) is 6.85. The third-order valence-corrected chi connectivity index (χ3v) is 4.66. The van der Waals surface area contributed by atoms with Crippen molar-refractivity contribution in [2.75, 3.05) is 26.1 Å². The molecule has 0 unspecified atom stereocenters. The van der Waals surface area contributed by atoms with E-state index in [1.165, 1.54) is 20.4 Å². The molecule has 11 heteroatoms. The summed E-state index contributed by atoms with van der Waals surface area (Å²) in [7, 11) is 2.79. The van der Waals surface area contributed by atoms with Crippen molar-refractivity contribution >= 4 is 61.5 Å². The molecular weight excluding hydrogens is 524 g/mol. The van der Waals surface area contributed by atoms with E-state index in [0.29, 0.717) is 27.2 Å². The number of amides is 3. The van der Waals surface area contributed by atoms with Gasteiger partial charge < -0.3 is 20.1 Å². The Morgan fingerprint density at radius 3 is 2.43 bits per heavy atom. The first kappa shape index (κ1) is 23.4. The van der Waals surface area contributed by atoms with Gasteiger partial charge in [0.15, 0.2) is 18.1 Å². The number of likely N-dealkylation sites (N-methyl/N-ethyl adjacent to an activating group) is 1. The highest BCUT2D eigenvalue weighted by Gasteiger charge is 2.14. The van der Waals surface area contributed by atoms with Crippen molar-refractivity contribution in [2.24, 2.45) is 5.10 Å². The Morgan fingerprint density at radius 2 is 1.80 bits per heavy atom. The average molecular weight is 542 g/mol. The molecule has 158 valence electrons. The minimum atomic E-state index is -0.892. The third-order valence-electron chi connectivity index (χ3n) is 3.54. The molecule has 3 amide bonds. The maximum absolute atomic E-state index is 12.1. The molecule has 3 N–H and O–H groups in total. The Balaban J connectivity index is 2.02. The zero-order valence-electron chi connectivity index (χ0n) is 16.0. The van der Waals surface area contributed by atoms with Gasteiger partial charge in [0.1, 0.15) is 0 Å². The Hall–Kier alpha value is -2.92. The number of hydrogen-bond acceptors (Lipinski definition) is 6. The summed E-state index contributed by atoms with van der Waals surface area (Å²) in [5.74, 6) is -1.36. The number of nitrogens with one attached hydrogen (secondary N) is 3. The first-order valence-electron chi connectivity index (χ1n) is 8.45. The number of benzene rings is 2. The van der Waals surface area contributed by atoms with Crippen molar-refractivity contribution in [3.8, 4) is 11.5 Å². The second-order valence-electron chi connectivity index (χ2n) is 5.66. The lowest BCUT2D eigenvalue weighted by Gasteiger charge is -2.13. The van der Waals surface area contributed by atoms with Crippen molar-refractivity contribution in [3.05, 3.63) is 50.9 Å². The number of halogens is 2. The van der Waals surface area contributed by atoms with Crippen LogP contribution in [0, 0.1) is 0 Å². The molecule has 0 atom stereocenters. The highest BCUT2D eigenvalue weighted by atomic mass is 79.9. The lowest BCUT2D eigenvalue weighted by atomic mass is 10.2. The number of carbonyl (C=O) groups excluding carboxylic acids is 3. The Kier molecular flexibility index (Phi) is 8.81. The van der Waals surface area contributed by atoms with Crippen molar-refractivity contribution < 1.29 is 23.9 Å². The van der Waals surface area contributed by atoms with E-state index in [1.807, 2.05) is 12.1 Å². The van der Waals surface area contributed by atoms with Gasteiger partial charge in [-0.3, -0.25) is 14.4 Å². The van der Waals surface area contributed by atoms with Crippen LogP contribution in [-0.4, -0.2) is 44.7 Å². The fourth-order valence-corrected chi connectivity index (χ4v) is 2.99. The van der Waals surface area contributed by atoms with E-state index in [-0.39, 0.29) is 12.5 Å². The van der Waals surface area contributed by atoms with Crippen LogP contribution in [0.3, 0.4) is 0 Å². The van der Waals surface area contributed by atoms with E-state index in [4.69, 9.17) is 9.47 Å². The zero-order chi connectivity index (χ0) is 22.1. The number of hydrogen-bond donors (Lipinski definition) is 3. The number of nitrogens with zero attached hydrogens (tertiary/aromatic N) is 1. The van der Waals surface area contributed by atoms with Crippen LogP contribution >= 0.6 is 31.9 Å². The summed E-state index contributed by atoms with van der Waals surface area (Å²) < 4.78 is 12.3. The van der Waals surface area contributed by atoms with Crippen LogP contribution in [0.1, 0.15) is 5.56 Å². The van der Waals surface area contributed by atoms with Crippen LogP contribution in [-0.2, 0) is 14.4 Å². The molecule has 30 heavy (non-hydrogen) atoms. The lowest BCUT2D eigenvalue weighted by molar-refractivity contribution is -0.138. The molecule has 0 radical (unpaired) electrons. The monoisotopic (exact) mass is 540 g/mol. The molecule has 0 saturated carbocycles. The van der Waals surface area contributed by atoms with Crippen LogP contribution in [0.25, 0.3) is 0 Å². The van der Waals surface area contributed by atoms with E-state index in [1.54, 1.807) is 24.3 Å². The van der Waals surface area contributed by atoms with Crippen molar-refractivity contribution in [1.82, 2.24) is 10.7 Å². The maximum Gasteiger partial charge on any atom is 0.329 e. The van der Waals surface area contributed by atoms with Gasteiger partial charge in [-0.2, -0.15) is 5.10 Å². The molecule has 0 aromatic heterocycles. The summed E-state index contributed by atoms with van der Waals surface area (Å²) in [6.45, 7) is -0.235. The summed E-state index contributed by atoms with van der Waals surface area (Å²) in [4.78, 5) is 34.6. The van der Waals surface area contributed by atoms with Crippen LogP contribution in [0.5, 0.6) is 11.5 Å². The fraction of sp³-hybridized carbons (Fsp3) is 0.158. The molecule has 0 aliphatic rings. The number of ether oxygens (including phenoxy) is 2. The first-order chi connectivity index (χ1) is 14.3. The highest BCUT2D eigenvalue weighted by Crippen LogP contribution is 2.36. The number of methoxy groups -OCH3 is 1. The Morgan fingerprint density at radius 1 is 1.10 bits per heavy atom. The molecular formula is C19H18Br2N4O5. The molecule has 0 bridgehead atoms. The predicted octanol–water partition coefficient (Wildman–Crippen LogP) is 2.43.